The number of hydrogen-bond acceptors (Lipinski definition) is 4. The Bertz CT molecular complexity index is 486. The maximum atomic E-state index is 10.2. The van der Waals surface area contributed by atoms with E-state index < -0.39 is 0 Å². The lowest BCUT2D eigenvalue weighted by molar-refractivity contribution is 0.307. The molecule has 1 aromatic rings. The first kappa shape index (κ1) is 15.2. The minimum Gasteiger partial charge on any atom is -0.504 e. The van der Waals surface area contributed by atoms with Gasteiger partial charge in [-0.2, -0.15) is 0 Å². The third-order valence-electron chi connectivity index (χ3n) is 3.04. The third-order valence-corrected chi connectivity index (χ3v) is 3.04. The second-order valence-electron chi connectivity index (χ2n) is 4.54. The lowest BCUT2D eigenvalue weighted by Gasteiger charge is -2.19. The topological polar surface area (TPSA) is 47.9 Å². The average Bonchev–Trinajstić information content (AvgIpc) is 2.39. The van der Waals surface area contributed by atoms with E-state index in [2.05, 4.69) is 6.08 Å². The van der Waals surface area contributed by atoms with Crippen molar-refractivity contribution < 1.29 is 19.3 Å². The van der Waals surface area contributed by atoms with Crippen LogP contribution in [0, 0.1) is 6.92 Å². The van der Waals surface area contributed by atoms with E-state index in [0.29, 0.717) is 23.7 Å². The van der Waals surface area contributed by atoms with Gasteiger partial charge in [0.2, 0.25) is 11.5 Å². The number of hydrogen-bond donors (Lipinski definition) is 1. The van der Waals surface area contributed by atoms with Crippen LogP contribution in [0.3, 0.4) is 0 Å². The van der Waals surface area contributed by atoms with Crippen LogP contribution in [-0.2, 0) is 6.42 Å². The lowest BCUT2D eigenvalue weighted by atomic mass is 10.0. The molecule has 0 aromatic heterocycles. The smallest absolute Gasteiger partial charge is 0.207 e. The standard InChI is InChI=1S/C15H22O4/c1-9(2)7-8-11-10(3)12(16)14(18-5)15(19-6)13(11)17-4/h7,16H,8H2,1-6H3. The van der Waals surface area contributed by atoms with Crippen molar-refractivity contribution in [3.05, 3.63) is 22.8 Å². The summed E-state index contributed by atoms with van der Waals surface area (Å²) in [7, 11) is 4.60. The Morgan fingerprint density at radius 2 is 1.53 bits per heavy atom. The van der Waals surface area contributed by atoms with Crippen LogP contribution in [0.15, 0.2) is 11.6 Å². The van der Waals surface area contributed by atoms with Crippen LogP contribution >= 0.6 is 0 Å². The SMILES string of the molecule is COc1c(O)c(C)c(CC=C(C)C)c(OC)c1OC. The molecule has 4 heteroatoms. The molecule has 0 bridgehead atoms. The zero-order chi connectivity index (χ0) is 14.6. The molecule has 0 unspecified atom stereocenters. The van der Waals surface area contributed by atoms with Gasteiger partial charge in [-0.05, 0) is 27.2 Å². The second-order valence-corrected chi connectivity index (χ2v) is 4.54. The molecule has 0 heterocycles. The van der Waals surface area contributed by atoms with Crippen molar-refractivity contribution in [3.8, 4) is 23.0 Å². The minimum absolute atomic E-state index is 0.0947. The minimum atomic E-state index is 0.0947. The Morgan fingerprint density at radius 1 is 1.00 bits per heavy atom. The number of allylic oxidation sites excluding steroid dienone is 2. The molecule has 0 saturated carbocycles. The van der Waals surface area contributed by atoms with E-state index in [0.717, 1.165) is 11.1 Å². The van der Waals surface area contributed by atoms with Crippen LogP contribution in [0.1, 0.15) is 25.0 Å². The molecule has 0 saturated heterocycles. The van der Waals surface area contributed by atoms with Crippen LogP contribution in [0.4, 0.5) is 0 Å². The van der Waals surface area contributed by atoms with E-state index in [1.165, 1.54) is 19.8 Å². The molecule has 1 aromatic carbocycles. The highest BCUT2D eigenvalue weighted by Crippen LogP contribution is 2.48. The van der Waals surface area contributed by atoms with E-state index >= 15 is 0 Å². The fraction of sp³-hybridized carbons (Fsp3) is 0.467. The molecule has 0 aliphatic heterocycles. The molecule has 0 amide bonds. The summed E-state index contributed by atoms with van der Waals surface area (Å²) in [6.07, 6.45) is 2.75. The van der Waals surface area contributed by atoms with Crippen molar-refractivity contribution in [1.82, 2.24) is 0 Å². The monoisotopic (exact) mass is 266 g/mol. The molecule has 0 spiro atoms. The Morgan fingerprint density at radius 3 is 1.95 bits per heavy atom. The van der Waals surface area contributed by atoms with Gasteiger partial charge >= 0.3 is 0 Å². The number of phenolic OH excluding ortho intramolecular Hbond substituents is 1. The van der Waals surface area contributed by atoms with E-state index in [1.54, 1.807) is 7.11 Å². The van der Waals surface area contributed by atoms with Crippen LogP contribution in [-0.4, -0.2) is 26.4 Å². The van der Waals surface area contributed by atoms with Gasteiger partial charge < -0.3 is 19.3 Å². The fourth-order valence-corrected chi connectivity index (χ4v) is 1.97. The number of aromatic hydroxyl groups is 1. The number of methoxy groups -OCH3 is 3. The number of phenols is 1. The fourth-order valence-electron chi connectivity index (χ4n) is 1.97. The highest BCUT2D eigenvalue weighted by molar-refractivity contribution is 5.66. The summed E-state index contributed by atoms with van der Waals surface area (Å²) in [5, 5.41) is 10.2. The predicted octanol–water partition coefficient (Wildman–Crippen LogP) is 3.24. The van der Waals surface area contributed by atoms with Crippen molar-refractivity contribution in [2.45, 2.75) is 27.2 Å². The third kappa shape index (κ3) is 2.95. The van der Waals surface area contributed by atoms with Gasteiger partial charge in [0.05, 0.1) is 21.3 Å². The summed E-state index contributed by atoms with van der Waals surface area (Å²) in [6.45, 7) is 5.90. The van der Waals surface area contributed by atoms with E-state index in [9.17, 15) is 5.11 Å². The van der Waals surface area contributed by atoms with Gasteiger partial charge in [0, 0.05) is 11.1 Å². The first-order valence-electron chi connectivity index (χ1n) is 6.11. The molecule has 1 rings (SSSR count). The summed E-state index contributed by atoms with van der Waals surface area (Å²) < 4.78 is 15.9. The Hall–Kier alpha value is -1.84. The maximum absolute atomic E-state index is 10.2. The maximum Gasteiger partial charge on any atom is 0.207 e. The highest BCUT2D eigenvalue weighted by atomic mass is 16.5. The van der Waals surface area contributed by atoms with Gasteiger partial charge in [-0.15, -0.1) is 0 Å². The van der Waals surface area contributed by atoms with Crippen molar-refractivity contribution in [2.24, 2.45) is 0 Å². The molecule has 1 N–H and O–H groups in total. The van der Waals surface area contributed by atoms with Crippen molar-refractivity contribution in [1.29, 1.82) is 0 Å². The Labute approximate surface area is 114 Å². The van der Waals surface area contributed by atoms with Crippen molar-refractivity contribution in [2.75, 3.05) is 21.3 Å². The molecule has 106 valence electrons. The number of rotatable bonds is 5. The Balaban J connectivity index is 3.53. The molecule has 0 aliphatic carbocycles. The summed E-state index contributed by atoms with van der Waals surface area (Å²) >= 11 is 0. The molecule has 0 atom stereocenters. The highest BCUT2D eigenvalue weighted by Gasteiger charge is 2.23. The molecule has 0 radical (unpaired) electrons. The summed E-state index contributed by atoms with van der Waals surface area (Å²) in [6, 6.07) is 0. The van der Waals surface area contributed by atoms with Crippen molar-refractivity contribution >= 4 is 0 Å². The Kier molecular flexibility index (Phi) is 5.10. The average molecular weight is 266 g/mol. The van der Waals surface area contributed by atoms with Gasteiger partial charge in [-0.3, -0.25) is 0 Å². The quantitative estimate of drug-likeness (QED) is 0.831. The van der Waals surface area contributed by atoms with Gasteiger partial charge in [-0.1, -0.05) is 11.6 Å². The normalized spacial score (nSPS) is 10.0. The lowest BCUT2D eigenvalue weighted by Crippen LogP contribution is -2.02. The largest absolute Gasteiger partial charge is 0.504 e. The van der Waals surface area contributed by atoms with Crippen LogP contribution in [0.5, 0.6) is 23.0 Å². The van der Waals surface area contributed by atoms with Gasteiger partial charge in [0.25, 0.3) is 0 Å². The van der Waals surface area contributed by atoms with Gasteiger partial charge in [0.1, 0.15) is 0 Å². The van der Waals surface area contributed by atoms with Crippen LogP contribution in [0.2, 0.25) is 0 Å². The van der Waals surface area contributed by atoms with Gasteiger partial charge in [0.15, 0.2) is 11.5 Å². The molecular formula is C15H22O4. The second kappa shape index (κ2) is 6.36. The molecule has 0 aliphatic rings. The molecule has 0 fully saturated rings. The first-order chi connectivity index (χ1) is 8.97. The van der Waals surface area contributed by atoms with Gasteiger partial charge in [-0.25, -0.2) is 0 Å². The van der Waals surface area contributed by atoms with Crippen LogP contribution < -0.4 is 14.2 Å². The number of benzene rings is 1. The van der Waals surface area contributed by atoms with Crippen LogP contribution in [0.25, 0.3) is 0 Å². The van der Waals surface area contributed by atoms with E-state index in [-0.39, 0.29) is 5.75 Å². The first-order valence-corrected chi connectivity index (χ1v) is 6.11. The summed E-state index contributed by atoms with van der Waals surface area (Å²) in [5.41, 5.74) is 2.85. The summed E-state index contributed by atoms with van der Waals surface area (Å²) in [4.78, 5) is 0. The van der Waals surface area contributed by atoms with E-state index in [4.69, 9.17) is 14.2 Å². The summed E-state index contributed by atoms with van der Waals surface area (Å²) in [5.74, 6) is 1.42. The predicted molar refractivity (Wildman–Crippen MR) is 75.6 cm³/mol. The molecule has 19 heavy (non-hydrogen) atoms. The zero-order valence-electron chi connectivity index (χ0n) is 12.5. The molecule has 4 nitrogen and oxygen atoms in total. The van der Waals surface area contributed by atoms with Crippen molar-refractivity contribution in [3.63, 3.8) is 0 Å². The van der Waals surface area contributed by atoms with E-state index in [1.807, 2.05) is 20.8 Å². The number of ether oxygens (including phenoxy) is 3. The zero-order valence-corrected chi connectivity index (χ0v) is 12.5. The molecular weight excluding hydrogens is 244 g/mol.